The standard InChI is InChI=1S/C17H28N2S/c1-4-14-15(11-18-13-5-6-13)20-16(19-14)12-7-9-17(2,3)10-8-12/h12-13,18H,4-11H2,1-3H3. The molecule has 20 heavy (non-hydrogen) atoms. The minimum atomic E-state index is 0.553. The predicted octanol–water partition coefficient (Wildman–Crippen LogP) is 4.64. The van der Waals surface area contributed by atoms with Crippen LogP contribution in [0.3, 0.4) is 0 Å². The van der Waals surface area contributed by atoms with E-state index in [0.717, 1.165) is 24.9 Å². The van der Waals surface area contributed by atoms with E-state index in [1.807, 2.05) is 11.3 Å². The summed E-state index contributed by atoms with van der Waals surface area (Å²) in [6, 6.07) is 0.792. The van der Waals surface area contributed by atoms with Crippen LogP contribution >= 0.6 is 11.3 Å². The van der Waals surface area contributed by atoms with Crippen molar-refractivity contribution < 1.29 is 0 Å². The Hall–Kier alpha value is -0.410. The van der Waals surface area contributed by atoms with Gasteiger partial charge in [-0.3, -0.25) is 0 Å². The van der Waals surface area contributed by atoms with E-state index in [9.17, 15) is 0 Å². The van der Waals surface area contributed by atoms with Gasteiger partial charge in [-0.05, 0) is 50.4 Å². The van der Waals surface area contributed by atoms with Crippen molar-refractivity contribution in [1.82, 2.24) is 10.3 Å². The lowest BCUT2D eigenvalue weighted by Gasteiger charge is -2.33. The van der Waals surface area contributed by atoms with E-state index in [4.69, 9.17) is 4.98 Å². The molecule has 2 aliphatic carbocycles. The number of thiazole rings is 1. The lowest BCUT2D eigenvalue weighted by Crippen LogP contribution is -2.20. The molecule has 0 unspecified atom stereocenters. The maximum atomic E-state index is 4.98. The van der Waals surface area contributed by atoms with Crippen LogP contribution in [0.5, 0.6) is 0 Å². The summed E-state index contributed by atoms with van der Waals surface area (Å²) in [6.07, 6.45) is 9.19. The third-order valence-electron chi connectivity index (χ3n) is 4.95. The molecule has 0 bridgehead atoms. The quantitative estimate of drug-likeness (QED) is 0.855. The summed E-state index contributed by atoms with van der Waals surface area (Å²) in [5.74, 6) is 0.730. The van der Waals surface area contributed by atoms with Crippen molar-refractivity contribution in [2.45, 2.75) is 84.2 Å². The van der Waals surface area contributed by atoms with Gasteiger partial charge in [-0.2, -0.15) is 0 Å². The highest BCUT2D eigenvalue weighted by molar-refractivity contribution is 7.11. The van der Waals surface area contributed by atoms with Crippen LogP contribution in [0.25, 0.3) is 0 Å². The van der Waals surface area contributed by atoms with Gasteiger partial charge in [0.1, 0.15) is 0 Å². The highest BCUT2D eigenvalue weighted by Gasteiger charge is 2.30. The molecule has 0 aliphatic heterocycles. The maximum Gasteiger partial charge on any atom is 0.0962 e. The lowest BCUT2D eigenvalue weighted by molar-refractivity contribution is 0.224. The van der Waals surface area contributed by atoms with E-state index in [1.54, 1.807) is 0 Å². The average Bonchev–Trinajstić information content (AvgIpc) is 3.16. The molecule has 1 aromatic rings. The summed E-state index contributed by atoms with van der Waals surface area (Å²) in [5.41, 5.74) is 1.90. The number of rotatable bonds is 5. The minimum absolute atomic E-state index is 0.553. The number of hydrogen-bond acceptors (Lipinski definition) is 3. The molecule has 1 N–H and O–H groups in total. The Balaban J connectivity index is 1.66. The first-order valence-electron chi connectivity index (χ1n) is 8.29. The minimum Gasteiger partial charge on any atom is -0.309 e. The first-order valence-corrected chi connectivity index (χ1v) is 9.11. The topological polar surface area (TPSA) is 24.9 Å². The smallest absolute Gasteiger partial charge is 0.0962 e. The summed E-state index contributed by atoms with van der Waals surface area (Å²) in [6.45, 7) is 8.11. The summed E-state index contributed by atoms with van der Waals surface area (Å²) in [7, 11) is 0. The van der Waals surface area contributed by atoms with Crippen molar-refractivity contribution in [1.29, 1.82) is 0 Å². The van der Waals surface area contributed by atoms with Gasteiger partial charge in [0.2, 0.25) is 0 Å². The van der Waals surface area contributed by atoms with Gasteiger partial charge in [0.25, 0.3) is 0 Å². The monoisotopic (exact) mass is 292 g/mol. The molecule has 0 radical (unpaired) electrons. The largest absolute Gasteiger partial charge is 0.309 e. The summed E-state index contributed by atoms with van der Waals surface area (Å²) < 4.78 is 0. The summed E-state index contributed by atoms with van der Waals surface area (Å²) >= 11 is 1.99. The Labute approximate surface area is 127 Å². The predicted molar refractivity (Wildman–Crippen MR) is 86.3 cm³/mol. The fourth-order valence-electron chi connectivity index (χ4n) is 3.16. The molecule has 0 spiro atoms. The number of nitrogens with one attached hydrogen (secondary N) is 1. The van der Waals surface area contributed by atoms with Crippen LogP contribution in [0, 0.1) is 5.41 Å². The Morgan fingerprint density at radius 3 is 2.50 bits per heavy atom. The molecular formula is C17H28N2S. The zero-order chi connectivity index (χ0) is 14.2. The first kappa shape index (κ1) is 14.5. The van der Waals surface area contributed by atoms with Gasteiger partial charge in [0, 0.05) is 23.4 Å². The fourth-order valence-corrected chi connectivity index (χ4v) is 4.44. The third-order valence-corrected chi connectivity index (χ3v) is 6.21. The van der Waals surface area contributed by atoms with E-state index in [2.05, 4.69) is 26.1 Å². The van der Waals surface area contributed by atoms with E-state index in [-0.39, 0.29) is 0 Å². The van der Waals surface area contributed by atoms with Crippen LogP contribution in [0.1, 0.15) is 80.8 Å². The van der Waals surface area contributed by atoms with Crippen LogP contribution in [0.15, 0.2) is 0 Å². The van der Waals surface area contributed by atoms with Gasteiger partial charge in [0.15, 0.2) is 0 Å². The molecule has 0 atom stereocenters. The van der Waals surface area contributed by atoms with Crippen molar-refractivity contribution in [3.63, 3.8) is 0 Å². The number of nitrogens with zero attached hydrogens (tertiary/aromatic N) is 1. The second-order valence-electron chi connectivity index (χ2n) is 7.37. The van der Waals surface area contributed by atoms with Gasteiger partial charge in [-0.25, -0.2) is 4.98 Å². The normalized spacial score (nSPS) is 23.1. The Bertz CT molecular complexity index is 450. The molecule has 2 fully saturated rings. The SMILES string of the molecule is CCc1nc(C2CCC(C)(C)CC2)sc1CNC1CC1. The number of aryl methyl sites for hydroxylation is 1. The Kier molecular flexibility index (Phi) is 4.19. The van der Waals surface area contributed by atoms with Crippen LogP contribution in [0.2, 0.25) is 0 Å². The zero-order valence-electron chi connectivity index (χ0n) is 13.2. The second-order valence-corrected chi connectivity index (χ2v) is 8.48. The van der Waals surface area contributed by atoms with Crippen molar-refractivity contribution >= 4 is 11.3 Å². The molecule has 2 saturated carbocycles. The van der Waals surface area contributed by atoms with Crippen LogP contribution in [0.4, 0.5) is 0 Å². The maximum absolute atomic E-state index is 4.98. The average molecular weight is 292 g/mol. The van der Waals surface area contributed by atoms with E-state index in [1.165, 1.54) is 54.1 Å². The molecule has 0 amide bonds. The van der Waals surface area contributed by atoms with Gasteiger partial charge in [-0.15, -0.1) is 11.3 Å². The highest BCUT2D eigenvalue weighted by atomic mass is 32.1. The second kappa shape index (κ2) is 5.76. The van der Waals surface area contributed by atoms with Crippen LogP contribution < -0.4 is 5.32 Å². The van der Waals surface area contributed by atoms with E-state index < -0.39 is 0 Å². The van der Waals surface area contributed by atoms with Crippen molar-refractivity contribution in [2.24, 2.45) is 5.41 Å². The lowest BCUT2D eigenvalue weighted by atomic mass is 9.73. The van der Waals surface area contributed by atoms with E-state index in [0.29, 0.717) is 5.41 Å². The highest BCUT2D eigenvalue weighted by Crippen LogP contribution is 2.43. The Morgan fingerprint density at radius 2 is 1.90 bits per heavy atom. The zero-order valence-corrected chi connectivity index (χ0v) is 14.0. The van der Waals surface area contributed by atoms with Crippen LogP contribution in [-0.4, -0.2) is 11.0 Å². The Morgan fingerprint density at radius 1 is 1.20 bits per heavy atom. The van der Waals surface area contributed by atoms with Crippen LogP contribution in [-0.2, 0) is 13.0 Å². The number of hydrogen-bond donors (Lipinski definition) is 1. The van der Waals surface area contributed by atoms with Crippen molar-refractivity contribution in [3.05, 3.63) is 15.6 Å². The fraction of sp³-hybridized carbons (Fsp3) is 0.824. The van der Waals surface area contributed by atoms with E-state index >= 15 is 0 Å². The molecule has 1 heterocycles. The van der Waals surface area contributed by atoms with Gasteiger partial charge in [-0.1, -0.05) is 20.8 Å². The molecule has 0 aromatic carbocycles. The van der Waals surface area contributed by atoms with Gasteiger partial charge in [0.05, 0.1) is 10.7 Å². The molecule has 1 aromatic heterocycles. The number of aromatic nitrogens is 1. The van der Waals surface area contributed by atoms with Gasteiger partial charge >= 0.3 is 0 Å². The van der Waals surface area contributed by atoms with Crippen molar-refractivity contribution in [2.75, 3.05) is 0 Å². The molecule has 2 nitrogen and oxygen atoms in total. The molecular weight excluding hydrogens is 264 g/mol. The molecule has 3 heteroatoms. The summed E-state index contributed by atoms with van der Waals surface area (Å²) in [4.78, 5) is 6.48. The third kappa shape index (κ3) is 3.43. The molecule has 3 rings (SSSR count). The van der Waals surface area contributed by atoms with Gasteiger partial charge < -0.3 is 5.32 Å². The molecule has 2 aliphatic rings. The van der Waals surface area contributed by atoms with Crippen molar-refractivity contribution in [3.8, 4) is 0 Å². The first-order chi connectivity index (χ1) is 9.57. The summed E-state index contributed by atoms with van der Waals surface area (Å²) in [5, 5.41) is 5.07. The molecule has 112 valence electrons. The molecule has 0 saturated heterocycles.